The molecule has 0 bridgehead atoms. The Hall–Kier alpha value is -3.97. The first kappa shape index (κ1) is 24.4. The Balaban J connectivity index is 1.20. The number of carbonyl (C=O) groups excluding carboxylic acids is 1. The van der Waals surface area contributed by atoms with Gasteiger partial charge in [0.2, 0.25) is 0 Å². The SMILES string of the molecule is Cc1c(CN2CCC(c3ccc(C(=O)N(C)C)cc3)CC2)n(C)c2nccc(-c3ccc4[nH]ncc4c3)c12. The molecule has 0 radical (unpaired) electrons. The highest BCUT2D eigenvalue weighted by Gasteiger charge is 2.24. The summed E-state index contributed by atoms with van der Waals surface area (Å²) in [5, 5.41) is 9.57. The van der Waals surface area contributed by atoms with Crippen LogP contribution in [0.2, 0.25) is 0 Å². The molecule has 3 aromatic heterocycles. The third-order valence-corrected chi connectivity index (χ3v) is 8.21. The summed E-state index contributed by atoms with van der Waals surface area (Å²) in [6, 6.07) is 16.8. The number of benzene rings is 2. The van der Waals surface area contributed by atoms with Crippen LogP contribution in [0, 0.1) is 6.92 Å². The highest BCUT2D eigenvalue weighted by atomic mass is 16.2. The molecule has 194 valence electrons. The average Bonchev–Trinajstić information content (AvgIpc) is 3.51. The molecule has 38 heavy (non-hydrogen) atoms. The molecule has 1 saturated heterocycles. The van der Waals surface area contributed by atoms with Gasteiger partial charge in [-0.1, -0.05) is 18.2 Å². The molecule has 0 atom stereocenters. The maximum Gasteiger partial charge on any atom is 0.253 e. The van der Waals surface area contributed by atoms with Gasteiger partial charge in [0.05, 0.1) is 11.7 Å². The summed E-state index contributed by atoms with van der Waals surface area (Å²) >= 11 is 0. The fourth-order valence-corrected chi connectivity index (χ4v) is 5.97. The van der Waals surface area contributed by atoms with Crippen molar-refractivity contribution in [3.8, 4) is 11.1 Å². The largest absolute Gasteiger partial charge is 0.345 e. The van der Waals surface area contributed by atoms with Gasteiger partial charge in [-0.25, -0.2) is 4.98 Å². The average molecular weight is 507 g/mol. The maximum absolute atomic E-state index is 12.2. The molecule has 1 aliphatic rings. The molecule has 1 fully saturated rings. The number of amides is 1. The van der Waals surface area contributed by atoms with E-state index in [2.05, 4.69) is 70.0 Å². The van der Waals surface area contributed by atoms with Crippen molar-refractivity contribution in [1.82, 2.24) is 29.5 Å². The fraction of sp³-hybridized carbons (Fsp3) is 0.323. The molecular formula is C31H34N6O. The number of H-pyrrole nitrogens is 1. The normalized spacial score (nSPS) is 14.9. The number of hydrogen-bond donors (Lipinski definition) is 1. The molecule has 1 N–H and O–H groups in total. The van der Waals surface area contributed by atoms with Crippen molar-refractivity contribution in [3.05, 3.63) is 83.3 Å². The lowest BCUT2D eigenvalue weighted by atomic mass is 9.89. The predicted octanol–water partition coefficient (Wildman–Crippen LogP) is 5.51. The first-order chi connectivity index (χ1) is 18.4. The van der Waals surface area contributed by atoms with Crippen molar-refractivity contribution < 1.29 is 4.79 Å². The minimum atomic E-state index is 0.0522. The highest BCUT2D eigenvalue weighted by Crippen LogP contribution is 2.35. The summed E-state index contributed by atoms with van der Waals surface area (Å²) in [6.07, 6.45) is 6.04. The van der Waals surface area contributed by atoms with Crippen LogP contribution in [-0.2, 0) is 13.6 Å². The topological polar surface area (TPSA) is 70.1 Å². The number of nitrogens with zero attached hydrogens (tertiary/aromatic N) is 5. The minimum Gasteiger partial charge on any atom is -0.345 e. The summed E-state index contributed by atoms with van der Waals surface area (Å²) in [5.41, 5.74) is 9.20. The molecule has 0 saturated carbocycles. The van der Waals surface area contributed by atoms with Crippen LogP contribution in [0.3, 0.4) is 0 Å². The van der Waals surface area contributed by atoms with Gasteiger partial charge in [0, 0.05) is 55.9 Å². The quantitative estimate of drug-likeness (QED) is 0.341. The van der Waals surface area contributed by atoms with E-state index in [-0.39, 0.29) is 5.91 Å². The monoisotopic (exact) mass is 506 g/mol. The van der Waals surface area contributed by atoms with Gasteiger partial charge in [0.1, 0.15) is 5.65 Å². The van der Waals surface area contributed by atoms with E-state index in [0.717, 1.165) is 54.6 Å². The zero-order valence-electron chi connectivity index (χ0n) is 22.5. The van der Waals surface area contributed by atoms with Gasteiger partial charge in [0.15, 0.2) is 0 Å². The lowest BCUT2D eigenvalue weighted by Crippen LogP contribution is -2.33. The number of nitrogens with one attached hydrogen (secondary N) is 1. The van der Waals surface area contributed by atoms with Crippen molar-refractivity contribution in [3.63, 3.8) is 0 Å². The number of pyridine rings is 1. The van der Waals surface area contributed by atoms with Gasteiger partial charge in [-0.2, -0.15) is 5.10 Å². The molecule has 5 aromatic rings. The number of rotatable bonds is 5. The van der Waals surface area contributed by atoms with Crippen molar-refractivity contribution in [2.45, 2.75) is 32.2 Å². The van der Waals surface area contributed by atoms with Crippen molar-refractivity contribution in [1.29, 1.82) is 0 Å². The van der Waals surface area contributed by atoms with Crippen molar-refractivity contribution >= 4 is 27.8 Å². The summed E-state index contributed by atoms with van der Waals surface area (Å²) in [7, 11) is 5.73. The molecule has 7 heteroatoms. The van der Waals surface area contributed by atoms with E-state index in [1.807, 2.05) is 24.5 Å². The van der Waals surface area contributed by atoms with Gasteiger partial charge in [-0.05, 0) is 91.4 Å². The van der Waals surface area contributed by atoms with Crippen LogP contribution >= 0.6 is 0 Å². The van der Waals surface area contributed by atoms with Crippen LogP contribution in [0.5, 0.6) is 0 Å². The number of aromatic nitrogens is 4. The summed E-state index contributed by atoms with van der Waals surface area (Å²) < 4.78 is 2.27. The second kappa shape index (κ2) is 9.72. The smallest absolute Gasteiger partial charge is 0.253 e. The summed E-state index contributed by atoms with van der Waals surface area (Å²) in [5.74, 6) is 0.589. The molecule has 0 aliphatic carbocycles. The molecule has 1 aliphatic heterocycles. The van der Waals surface area contributed by atoms with E-state index in [4.69, 9.17) is 4.98 Å². The van der Waals surface area contributed by atoms with E-state index in [0.29, 0.717) is 5.92 Å². The van der Waals surface area contributed by atoms with Gasteiger partial charge in [0.25, 0.3) is 5.91 Å². The van der Waals surface area contributed by atoms with E-state index >= 15 is 0 Å². The molecular weight excluding hydrogens is 472 g/mol. The van der Waals surface area contributed by atoms with Gasteiger partial charge >= 0.3 is 0 Å². The fourth-order valence-electron chi connectivity index (χ4n) is 5.97. The number of aromatic amines is 1. The maximum atomic E-state index is 12.2. The highest BCUT2D eigenvalue weighted by molar-refractivity contribution is 5.98. The van der Waals surface area contributed by atoms with E-state index in [9.17, 15) is 4.79 Å². The molecule has 1 amide bonds. The van der Waals surface area contributed by atoms with Crippen LogP contribution in [0.4, 0.5) is 0 Å². The van der Waals surface area contributed by atoms with Crippen LogP contribution < -0.4 is 0 Å². The molecule has 0 spiro atoms. The molecule has 6 rings (SSSR count). The molecule has 7 nitrogen and oxygen atoms in total. The Labute approximate surface area is 223 Å². The summed E-state index contributed by atoms with van der Waals surface area (Å²) in [4.78, 5) is 21.2. The van der Waals surface area contributed by atoms with E-state index in [1.165, 1.54) is 33.3 Å². The van der Waals surface area contributed by atoms with Crippen LogP contribution in [0.1, 0.15) is 45.9 Å². The third-order valence-electron chi connectivity index (χ3n) is 8.21. The van der Waals surface area contributed by atoms with Crippen LogP contribution in [-0.4, -0.2) is 62.6 Å². The van der Waals surface area contributed by atoms with E-state index in [1.54, 1.807) is 19.0 Å². The summed E-state index contributed by atoms with van der Waals surface area (Å²) in [6.45, 7) is 5.27. The first-order valence-electron chi connectivity index (χ1n) is 13.3. The van der Waals surface area contributed by atoms with Gasteiger partial charge in [-0.15, -0.1) is 0 Å². The Morgan fingerprint density at radius 1 is 1.08 bits per heavy atom. The second-order valence-electron chi connectivity index (χ2n) is 10.7. The van der Waals surface area contributed by atoms with Crippen molar-refractivity contribution in [2.24, 2.45) is 7.05 Å². The molecule has 2 aromatic carbocycles. The number of likely N-dealkylation sites (tertiary alicyclic amines) is 1. The molecule has 0 unspecified atom stereocenters. The van der Waals surface area contributed by atoms with Crippen molar-refractivity contribution in [2.75, 3.05) is 27.2 Å². The Bertz CT molecular complexity index is 1620. The number of piperidine rings is 1. The molecule has 4 heterocycles. The Morgan fingerprint density at radius 3 is 2.58 bits per heavy atom. The second-order valence-corrected chi connectivity index (χ2v) is 10.7. The first-order valence-corrected chi connectivity index (χ1v) is 13.3. The van der Waals surface area contributed by atoms with Gasteiger partial charge in [-0.3, -0.25) is 14.8 Å². The lowest BCUT2D eigenvalue weighted by molar-refractivity contribution is 0.0827. The Morgan fingerprint density at radius 2 is 1.84 bits per heavy atom. The van der Waals surface area contributed by atoms with Gasteiger partial charge < -0.3 is 9.47 Å². The van der Waals surface area contributed by atoms with E-state index < -0.39 is 0 Å². The minimum absolute atomic E-state index is 0.0522. The lowest BCUT2D eigenvalue weighted by Gasteiger charge is -2.32. The number of aryl methyl sites for hydroxylation is 2. The number of hydrogen-bond acceptors (Lipinski definition) is 4. The zero-order chi connectivity index (χ0) is 26.4. The third kappa shape index (κ3) is 4.27. The van der Waals surface area contributed by atoms with Crippen LogP contribution in [0.15, 0.2) is 60.9 Å². The zero-order valence-corrected chi connectivity index (χ0v) is 22.5. The predicted molar refractivity (Wildman–Crippen MR) is 152 cm³/mol. The number of fused-ring (bicyclic) bond motifs is 2. The van der Waals surface area contributed by atoms with Crippen LogP contribution in [0.25, 0.3) is 33.1 Å². The number of carbonyl (C=O) groups is 1. The Kier molecular flexibility index (Phi) is 6.24. The standard InChI is InChI=1S/C31H34N6O/c1-20-28(19-37-15-12-22(13-16-37)21-5-7-23(8-6-21)31(38)35(2)3)36(4)30-29(20)26(11-14-32-30)24-9-10-27-25(17-24)18-33-34-27/h5-11,14,17-18,22H,12-13,15-16,19H2,1-4H3,(H,33,34).